The minimum Gasteiger partial charge on any atom is -0.507 e. The number of nitrogens with one attached hydrogen (secondary N) is 1. The lowest BCUT2D eigenvalue weighted by atomic mass is 10.1. The van der Waals surface area contributed by atoms with Crippen LogP contribution in [0.1, 0.15) is 11.3 Å². The third kappa shape index (κ3) is 4.33. The van der Waals surface area contributed by atoms with Gasteiger partial charge in [-0.15, -0.1) is 0 Å². The molecule has 2 N–H and O–H groups in total. The van der Waals surface area contributed by atoms with Gasteiger partial charge >= 0.3 is 0 Å². The topological polar surface area (TPSA) is 76.6 Å². The normalized spacial score (nSPS) is 10.8. The minimum atomic E-state index is -0.455. The number of aromatic hydroxyl groups is 1. The number of hydrogen-bond acceptors (Lipinski definition) is 5. The number of aryl methyl sites for hydroxylation is 1. The molecular weight excluding hydrogens is 435 g/mol. The third-order valence-electron chi connectivity index (χ3n) is 4.84. The summed E-state index contributed by atoms with van der Waals surface area (Å²) in [5.74, 6) is 1.37. The number of para-hydroxylation sites is 2. The Kier molecular flexibility index (Phi) is 6.18. The summed E-state index contributed by atoms with van der Waals surface area (Å²) >= 11 is 6.04. The first kappa shape index (κ1) is 21.5. The van der Waals surface area contributed by atoms with Crippen molar-refractivity contribution >= 4 is 11.6 Å². The van der Waals surface area contributed by atoms with E-state index in [2.05, 4.69) is 10.2 Å². The summed E-state index contributed by atoms with van der Waals surface area (Å²) in [7, 11) is 1.56. The Labute approximate surface area is 189 Å². The monoisotopic (exact) mass is 454 g/mol. The fourth-order valence-corrected chi connectivity index (χ4v) is 3.38. The number of rotatable bonds is 7. The van der Waals surface area contributed by atoms with Crippen molar-refractivity contribution in [1.82, 2.24) is 10.2 Å². The largest absolute Gasteiger partial charge is 0.507 e. The fraction of sp³-hybridized carbons (Fsp3) is 0.125. The molecule has 164 valence electrons. The zero-order valence-electron chi connectivity index (χ0n) is 17.4. The summed E-state index contributed by atoms with van der Waals surface area (Å²) in [4.78, 5) is 0. The van der Waals surface area contributed by atoms with E-state index in [0.717, 1.165) is 0 Å². The SMILES string of the molecule is COc1ccccc1Oc1c(-c2ccc(OCc3c(F)cccc3Cl)cc2O)n[nH]c1C. The lowest BCUT2D eigenvalue weighted by molar-refractivity contribution is 0.298. The van der Waals surface area contributed by atoms with Gasteiger partial charge in [0.1, 0.15) is 29.6 Å². The lowest BCUT2D eigenvalue weighted by Crippen LogP contribution is -1.99. The first-order valence-electron chi connectivity index (χ1n) is 9.73. The minimum absolute atomic E-state index is 0.0708. The van der Waals surface area contributed by atoms with Crippen LogP contribution in [-0.2, 0) is 6.61 Å². The number of aromatic nitrogens is 2. The molecule has 0 radical (unpaired) electrons. The van der Waals surface area contributed by atoms with Gasteiger partial charge < -0.3 is 19.3 Å². The molecule has 4 rings (SSSR count). The second-order valence-corrected chi connectivity index (χ2v) is 7.35. The standard InChI is InChI=1S/C24H20ClFN2O4/c1-14-24(32-22-9-4-3-8-21(22)30-2)23(28-27-14)16-11-10-15(12-20(16)29)31-13-17-18(25)6-5-7-19(17)26/h3-12,29H,13H2,1-2H3,(H,27,28). The number of phenols is 1. The summed E-state index contributed by atoms with van der Waals surface area (Å²) in [6.07, 6.45) is 0. The maximum atomic E-state index is 13.9. The number of ether oxygens (including phenoxy) is 3. The van der Waals surface area contributed by atoms with Crippen molar-refractivity contribution in [3.05, 3.63) is 82.8 Å². The van der Waals surface area contributed by atoms with Crippen LogP contribution in [0.25, 0.3) is 11.3 Å². The maximum absolute atomic E-state index is 13.9. The number of benzene rings is 3. The molecule has 0 bridgehead atoms. The number of phenolic OH excluding ortho intramolecular Hbond substituents is 1. The van der Waals surface area contributed by atoms with E-state index in [-0.39, 0.29) is 22.9 Å². The van der Waals surface area contributed by atoms with Crippen LogP contribution in [-0.4, -0.2) is 22.4 Å². The van der Waals surface area contributed by atoms with Crippen LogP contribution in [0.15, 0.2) is 60.7 Å². The molecule has 0 amide bonds. The summed E-state index contributed by atoms with van der Waals surface area (Å²) in [6, 6.07) is 16.4. The molecular formula is C24H20ClFN2O4. The number of nitrogens with zero attached hydrogens (tertiary/aromatic N) is 1. The van der Waals surface area contributed by atoms with Gasteiger partial charge in [-0.25, -0.2) is 4.39 Å². The highest BCUT2D eigenvalue weighted by Crippen LogP contribution is 2.41. The molecule has 8 heteroatoms. The smallest absolute Gasteiger partial charge is 0.176 e. The van der Waals surface area contributed by atoms with E-state index >= 15 is 0 Å². The molecule has 3 aromatic carbocycles. The lowest BCUT2D eigenvalue weighted by Gasteiger charge is -2.12. The number of H-pyrrole nitrogens is 1. The average molecular weight is 455 g/mol. The van der Waals surface area contributed by atoms with Gasteiger partial charge in [-0.3, -0.25) is 5.10 Å². The molecule has 0 spiro atoms. The highest BCUT2D eigenvalue weighted by molar-refractivity contribution is 6.31. The van der Waals surface area contributed by atoms with Gasteiger partial charge in [-0.2, -0.15) is 5.10 Å². The van der Waals surface area contributed by atoms with E-state index in [0.29, 0.717) is 39.9 Å². The Morgan fingerprint density at radius 1 is 1.06 bits per heavy atom. The van der Waals surface area contributed by atoms with Crippen LogP contribution in [0.5, 0.6) is 28.7 Å². The molecule has 0 aliphatic carbocycles. The summed E-state index contributed by atoms with van der Waals surface area (Å²) in [6.45, 7) is 1.74. The van der Waals surface area contributed by atoms with E-state index < -0.39 is 5.82 Å². The molecule has 6 nitrogen and oxygen atoms in total. The van der Waals surface area contributed by atoms with Gasteiger partial charge in [0.15, 0.2) is 17.2 Å². The highest BCUT2D eigenvalue weighted by atomic mass is 35.5. The Balaban J connectivity index is 1.59. The van der Waals surface area contributed by atoms with Crippen molar-refractivity contribution in [2.24, 2.45) is 0 Å². The molecule has 0 fully saturated rings. The first-order valence-corrected chi connectivity index (χ1v) is 10.1. The predicted octanol–water partition coefficient (Wildman–Crippen LogP) is 6.26. The Hall–Kier alpha value is -3.71. The van der Waals surface area contributed by atoms with Gasteiger partial charge in [0, 0.05) is 17.2 Å². The Morgan fingerprint density at radius 2 is 1.84 bits per heavy atom. The molecule has 0 atom stereocenters. The molecule has 0 saturated heterocycles. The van der Waals surface area contributed by atoms with Crippen molar-refractivity contribution in [3.63, 3.8) is 0 Å². The summed E-state index contributed by atoms with van der Waals surface area (Å²) in [5, 5.41) is 18.1. The fourth-order valence-electron chi connectivity index (χ4n) is 3.17. The van der Waals surface area contributed by atoms with Crippen molar-refractivity contribution in [3.8, 4) is 40.0 Å². The molecule has 32 heavy (non-hydrogen) atoms. The average Bonchev–Trinajstić information content (AvgIpc) is 3.14. The molecule has 1 heterocycles. The van der Waals surface area contributed by atoms with Crippen LogP contribution in [0.2, 0.25) is 5.02 Å². The second-order valence-electron chi connectivity index (χ2n) is 6.95. The van der Waals surface area contributed by atoms with Crippen LogP contribution in [0.4, 0.5) is 4.39 Å². The molecule has 4 aromatic rings. The molecule has 0 saturated carbocycles. The van der Waals surface area contributed by atoms with Crippen LogP contribution < -0.4 is 14.2 Å². The maximum Gasteiger partial charge on any atom is 0.176 e. The predicted molar refractivity (Wildman–Crippen MR) is 119 cm³/mol. The summed E-state index contributed by atoms with van der Waals surface area (Å²) < 4.78 is 31.0. The van der Waals surface area contributed by atoms with Crippen LogP contribution >= 0.6 is 11.6 Å². The molecule has 0 aliphatic heterocycles. The van der Waals surface area contributed by atoms with Crippen LogP contribution in [0, 0.1) is 12.7 Å². The van der Waals surface area contributed by atoms with Crippen molar-refractivity contribution in [2.45, 2.75) is 13.5 Å². The van der Waals surface area contributed by atoms with Crippen molar-refractivity contribution < 1.29 is 23.7 Å². The second kappa shape index (κ2) is 9.20. The van der Waals surface area contributed by atoms with Crippen molar-refractivity contribution in [1.29, 1.82) is 0 Å². The quantitative estimate of drug-likeness (QED) is 0.344. The van der Waals surface area contributed by atoms with Gasteiger partial charge in [0.05, 0.1) is 17.8 Å². The van der Waals surface area contributed by atoms with Gasteiger partial charge in [-0.05, 0) is 43.3 Å². The van der Waals surface area contributed by atoms with E-state index in [1.54, 1.807) is 37.4 Å². The van der Waals surface area contributed by atoms with Gasteiger partial charge in [0.25, 0.3) is 0 Å². The Bertz CT molecular complexity index is 1240. The van der Waals surface area contributed by atoms with Gasteiger partial charge in [-0.1, -0.05) is 29.8 Å². The number of hydrogen-bond donors (Lipinski definition) is 2. The highest BCUT2D eigenvalue weighted by Gasteiger charge is 2.20. The van der Waals surface area contributed by atoms with E-state index in [1.807, 2.05) is 19.1 Å². The van der Waals surface area contributed by atoms with E-state index in [9.17, 15) is 9.50 Å². The van der Waals surface area contributed by atoms with Crippen LogP contribution in [0.3, 0.4) is 0 Å². The first-order chi connectivity index (χ1) is 15.5. The van der Waals surface area contributed by atoms with E-state index in [1.165, 1.54) is 18.2 Å². The number of methoxy groups -OCH3 is 1. The molecule has 1 aromatic heterocycles. The zero-order chi connectivity index (χ0) is 22.7. The molecule has 0 aliphatic rings. The molecule has 0 unspecified atom stereocenters. The zero-order valence-corrected chi connectivity index (χ0v) is 18.1. The number of aromatic amines is 1. The van der Waals surface area contributed by atoms with E-state index in [4.69, 9.17) is 25.8 Å². The van der Waals surface area contributed by atoms with Crippen molar-refractivity contribution in [2.75, 3.05) is 7.11 Å². The Morgan fingerprint density at radius 3 is 2.56 bits per heavy atom. The summed E-state index contributed by atoms with van der Waals surface area (Å²) in [5.41, 5.74) is 1.79. The third-order valence-corrected chi connectivity index (χ3v) is 5.20. The number of halogens is 2. The van der Waals surface area contributed by atoms with Gasteiger partial charge in [0.2, 0.25) is 0 Å².